The van der Waals surface area contributed by atoms with Gasteiger partial charge in [-0.1, -0.05) is 23.7 Å². The van der Waals surface area contributed by atoms with Crippen LogP contribution < -0.4 is 5.32 Å². The maximum absolute atomic E-state index is 6.18. The quantitative estimate of drug-likeness (QED) is 0.776. The second-order valence-corrected chi connectivity index (χ2v) is 6.35. The molecular weight excluding hydrogens is 292 g/mol. The Kier molecular flexibility index (Phi) is 3.54. The third-order valence-electron chi connectivity index (χ3n) is 3.29. The molecule has 0 aliphatic rings. The standard InChI is InChI=1S/C15H15ClN2OS/c1-8-15(20-9(2)18-8)13(17-3)12-7-10-5-4-6-11(16)14(10)19-12/h4-7,13,17H,1-3H3. The van der Waals surface area contributed by atoms with Gasteiger partial charge in [0.25, 0.3) is 0 Å². The maximum Gasteiger partial charge on any atom is 0.152 e. The summed E-state index contributed by atoms with van der Waals surface area (Å²) in [7, 11) is 1.92. The van der Waals surface area contributed by atoms with E-state index in [-0.39, 0.29) is 6.04 Å². The lowest BCUT2D eigenvalue weighted by atomic mass is 10.1. The molecule has 0 aliphatic heterocycles. The Morgan fingerprint density at radius 2 is 2.15 bits per heavy atom. The van der Waals surface area contributed by atoms with Crippen molar-refractivity contribution < 1.29 is 4.42 Å². The van der Waals surface area contributed by atoms with Crippen LogP contribution in [0, 0.1) is 13.8 Å². The van der Waals surface area contributed by atoms with Crippen molar-refractivity contribution in [3.63, 3.8) is 0 Å². The molecule has 3 aromatic rings. The minimum atomic E-state index is 0.00432. The second-order valence-electron chi connectivity index (χ2n) is 4.71. The molecule has 0 radical (unpaired) electrons. The zero-order valence-corrected chi connectivity index (χ0v) is 13.1. The minimum Gasteiger partial charge on any atom is -0.457 e. The summed E-state index contributed by atoms with van der Waals surface area (Å²) in [6, 6.07) is 7.82. The SMILES string of the molecule is CNC(c1cc2cccc(Cl)c2o1)c1sc(C)nc1C. The molecule has 3 rings (SSSR count). The van der Waals surface area contributed by atoms with Crippen LogP contribution >= 0.6 is 22.9 Å². The molecule has 0 bridgehead atoms. The molecule has 1 N–H and O–H groups in total. The molecule has 3 nitrogen and oxygen atoms in total. The van der Waals surface area contributed by atoms with Crippen molar-refractivity contribution >= 4 is 33.9 Å². The Morgan fingerprint density at radius 1 is 1.35 bits per heavy atom. The van der Waals surface area contributed by atoms with Gasteiger partial charge in [0.15, 0.2) is 5.58 Å². The third kappa shape index (κ3) is 2.24. The lowest BCUT2D eigenvalue weighted by molar-refractivity contribution is 0.494. The maximum atomic E-state index is 6.18. The first-order valence-electron chi connectivity index (χ1n) is 6.39. The lowest BCUT2D eigenvalue weighted by Gasteiger charge is -2.12. The summed E-state index contributed by atoms with van der Waals surface area (Å²) in [6.07, 6.45) is 0. The van der Waals surface area contributed by atoms with Crippen LogP contribution in [0.4, 0.5) is 0 Å². The Hall–Kier alpha value is -1.36. The van der Waals surface area contributed by atoms with Crippen molar-refractivity contribution in [1.82, 2.24) is 10.3 Å². The van der Waals surface area contributed by atoms with Crippen LogP contribution in [0.1, 0.15) is 27.4 Å². The highest BCUT2D eigenvalue weighted by Crippen LogP contribution is 2.34. The predicted molar refractivity (Wildman–Crippen MR) is 83.7 cm³/mol. The Balaban J connectivity index is 2.12. The first-order chi connectivity index (χ1) is 9.60. The monoisotopic (exact) mass is 306 g/mol. The van der Waals surface area contributed by atoms with Gasteiger partial charge in [0.05, 0.1) is 20.6 Å². The van der Waals surface area contributed by atoms with E-state index in [1.54, 1.807) is 11.3 Å². The van der Waals surface area contributed by atoms with Gasteiger partial charge in [0.1, 0.15) is 11.8 Å². The van der Waals surface area contributed by atoms with E-state index in [1.807, 2.05) is 45.2 Å². The largest absolute Gasteiger partial charge is 0.457 e. The summed E-state index contributed by atoms with van der Waals surface area (Å²) in [6.45, 7) is 4.04. The van der Waals surface area contributed by atoms with Gasteiger partial charge < -0.3 is 9.73 Å². The molecule has 0 fully saturated rings. The molecule has 2 heterocycles. The Labute approximate surface area is 126 Å². The summed E-state index contributed by atoms with van der Waals surface area (Å²) >= 11 is 7.87. The van der Waals surface area contributed by atoms with E-state index in [2.05, 4.69) is 10.3 Å². The second kappa shape index (κ2) is 5.20. The molecule has 0 aliphatic carbocycles. The zero-order valence-electron chi connectivity index (χ0n) is 11.5. The van der Waals surface area contributed by atoms with Crippen molar-refractivity contribution in [2.45, 2.75) is 19.9 Å². The number of furan rings is 1. The number of nitrogens with one attached hydrogen (secondary N) is 1. The smallest absolute Gasteiger partial charge is 0.152 e. The molecule has 2 aromatic heterocycles. The number of aryl methyl sites for hydroxylation is 2. The van der Waals surface area contributed by atoms with Crippen LogP contribution in [0.3, 0.4) is 0 Å². The van der Waals surface area contributed by atoms with Crippen molar-refractivity contribution in [1.29, 1.82) is 0 Å². The van der Waals surface area contributed by atoms with Crippen molar-refractivity contribution in [2.24, 2.45) is 0 Å². The van der Waals surface area contributed by atoms with Gasteiger partial charge in [-0.3, -0.25) is 0 Å². The van der Waals surface area contributed by atoms with E-state index in [0.29, 0.717) is 5.02 Å². The molecule has 1 unspecified atom stereocenters. The van der Waals surface area contributed by atoms with Crippen LogP contribution in [0.15, 0.2) is 28.7 Å². The highest BCUT2D eigenvalue weighted by molar-refractivity contribution is 7.11. The number of para-hydroxylation sites is 1. The number of halogens is 1. The van der Waals surface area contributed by atoms with E-state index >= 15 is 0 Å². The average Bonchev–Trinajstić information content (AvgIpc) is 2.96. The molecule has 5 heteroatoms. The number of thiazole rings is 1. The summed E-state index contributed by atoms with van der Waals surface area (Å²) in [5.74, 6) is 0.863. The molecule has 0 saturated heterocycles. The van der Waals surface area contributed by atoms with Gasteiger partial charge >= 0.3 is 0 Å². The van der Waals surface area contributed by atoms with E-state index in [4.69, 9.17) is 16.0 Å². The van der Waals surface area contributed by atoms with Gasteiger partial charge in [-0.2, -0.15) is 0 Å². The summed E-state index contributed by atoms with van der Waals surface area (Å²) < 4.78 is 5.95. The molecular formula is C15H15ClN2OS. The van der Waals surface area contributed by atoms with Gasteiger partial charge in [0.2, 0.25) is 0 Å². The Morgan fingerprint density at radius 3 is 2.75 bits per heavy atom. The number of nitrogens with zero attached hydrogens (tertiary/aromatic N) is 1. The fourth-order valence-corrected chi connectivity index (χ4v) is 3.67. The highest BCUT2D eigenvalue weighted by Gasteiger charge is 2.22. The number of rotatable bonds is 3. The summed E-state index contributed by atoms with van der Waals surface area (Å²) in [4.78, 5) is 5.67. The first-order valence-corrected chi connectivity index (χ1v) is 7.58. The van der Waals surface area contributed by atoms with Gasteiger partial charge in [-0.15, -0.1) is 11.3 Å². The molecule has 0 amide bonds. The number of hydrogen-bond acceptors (Lipinski definition) is 4. The fourth-order valence-electron chi connectivity index (χ4n) is 2.41. The van der Waals surface area contributed by atoms with E-state index in [1.165, 1.54) is 4.88 Å². The topological polar surface area (TPSA) is 38.1 Å². The molecule has 1 aromatic carbocycles. The van der Waals surface area contributed by atoms with Crippen LogP contribution in [0.25, 0.3) is 11.0 Å². The molecule has 0 spiro atoms. The van der Waals surface area contributed by atoms with Crippen molar-refractivity contribution in [2.75, 3.05) is 7.05 Å². The van der Waals surface area contributed by atoms with Gasteiger partial charge in [-0.25, -0.2) is 4.98 Å². The van der Waals surface area contributed by atoms with E-state index in [9.17, 15) is 0 Å². The molecule has 0 saturated carbocycles. The van der Waals surface area contributed by atoms with Crippen LogP contribution in [0.5, 0.6) is 0 Å². The number of aromatic nitrogens is 1. The van der Waals surface area contributed by atoms with Gasteiger partial charge in [0, 0.05) is 5.39 Å². The van der Waals surface area contributed by atoms with Crippen molar-refractivity contribution in [3.05, 3.63) is 50.6 Å². The van der Waals surface area contributed by atoms with Crippen LogP contribution in [-0.2, 0) is 0 Å². The average molecular weight is 307 g/mol. The third-order valence-corrected chi connectivity index (χ3v) is 4.73. The number of hydrogen-bond donors (Lipinski definition) is 1. The minimum absolute atomic E-state index is 0.00432. The summed E-state index contributed by atoms with van der Waals surface area (Å²) in [5.41, 5.74) is 1.78. The van der Waals surface area contributed by atoms with E-state index < -0.39 is 0 Å². The molecule has 104 valence electrons. The van der Waals surface area contributed by atoms with Crippen LogP contribution in [0.2, 0.25) is 5.02 Å². The predicted octanol–water partition coefficient (Wildman–Crippen LogP) is 4.47. The number of benzene rings is 1. The molecule has 20 heavy (non-hydrogen) atoms. The molecule has 1 atom stereocenters. The lowest BCUT2D eigenvalue weighted by Crippen LogP contribution is -2.16. The van der Waals surface area contributed by atoms with Crippen LogP contribution in [-0.4, -0.2) is 12.0 Å². The Bertz CT molecular complexity index is 762. The van der Waals surface area contributed by atoms with Crippen molar-refractivity contribution in [3.8, 4) is 0 Å². The first kappa shape index (κ1) is 13.6. The van der Waals surface area contributed by atoms with E-state index in [0.717, 1.165) is 27.4 Å². The van der Waals surface area contributed by atoms with Gasteiger partial charge in [-0.05, 0) is 33.0 Å². The normalized spacial score (nSPS) is 13.0. The summed E-state index contributed by atoms with van der Waals surface area (Å²) in [5, 5.41) is 6.02. The highest BCUT2D eigenvalue weighted by atomic mass is 35.5. The fraction of sp³-hybridized carbons (Fsp3) is 0.267. The zero-order chi connectivity index (χ0) is 14.3. The number of fused-ring (bicyclic) bond motifs is 1.